The van der Waals surface area contributed by atoms with Crippen molar-refractivity contribution in [3.63, 3.8) is 0 Å². The minimum absolute atomic E-state index is 0.0331. The van der Waals surface area contributed by atoms with Crippen molar-refractivity contribution >= 4 is 31.9 Å². The van der Waals surface area contributed by atoms with Crippen LogP contribution in [0.4, 0.5) is 13.2 Å². The monoisotopic (exact) mass is 531 g/mol. The van der Waals surface area contributed by atoms with Crippen LogP contribution in [0.25, 0.3) is 0 Å². The van der Waals surface area contributed by atoms with Crippen molar-refractivity contribution in [2.45, 2.75) is 70.3 Å². The fraction of sp³-hybridized carbons (Fsp3) is 0.650. The van der Waals surface area contributed by atoms with Crippen LogP contribution in [0.15, 0.2) is 22.7 Å². The lowest BCUT2D eigenvalue weighted by molar-refractivity contribution is -0.231. The number of hydrogen-bond acceptors (Lipinski definition) is 5. The molecule has 0 aromatic heterocycles. The average Bonchev–Trinajstić information content (AvgIpc) is 2.60. The van der Waals surface area contributed by atoms with E-state index in [1.807, 2.05) is 4.72 Å². The maximum Gasteiger partial charge on any atom is 0.332 e. The highest BCUT2D eigenvalue weighted by Crippen LogP contribution is 2.48. The second-order valence-corrected chi connectivity index (χ2v) is 12.0. The second-order valence-electron chi connectivity index (χ2n) is 8.65. The molecular formula is C20H29BrF3NO5S. The number of carbonyl (C=O) groups is 1. The summed E-state index contributed by atoms with van der Waals surface area (Å²) in [5.41, 5.74) is -5.76. The van der Waals surface area contributed by atoms with Gasteiger partial charge in [0.25, 0.3) is 5.92 Å². The Morgan fingerprint density at radius 1 is 1.13 bits per heavy atom. The van der Waals surface area contributed by atoms with E-state index in [1.54, 1.807) is 6.92 Å². The Kier molecular flexibility index (Phi) is 8.42. The van der Waals surface area contributed by atoms with Crippen molar-refractivity contribution in [3.8, 4) is 0 Å². The number of benzene rings is 1. The number of alkyl halides is 2. The van der Waals surface area contributed by atoms with E-state index in [2.05, 4.69) is 15.9 Å². The van der Waals surface area contributed by atoms with Crippen molar-refractivity contribution in [2.24, 2.45) is 0 Å². The van der Waals surface area contributed by atoms with Gasteiger partial charge in [-0.05, 0) is 66.7 Å². The number of esters is 1. The highest BCUT2D eigenvalue weighted by Gasteiger charge is 2.64. The van der Waals surface area contributed by atoms with E-state index in [4.69, 9.17) is 9.47 Å². The molecular weight excluding hydrogens is 503 g/mol. The fourth-order valence-corrected chi connectivity index (χ4v) is 4.17. The summed E-state index contributed by atoms with van der Waals surface area (Å²) in [6.45, 7) is 7.64. The van der Waals surface area contributed by atoms with Gasteiger partial charge in [-0.2, -0.15) is 4.72 Å². The van der Waals surface area contributed by atoms with E-state index in [1.165, 1.54) is 26.8 Å². The van der Waals surface area contributed by atoms with Gasteiger partial charge in [0.05, 0.1) is 11.4 Å². The normalized spacial score (nSPS) is 15.5. The van der Waals surface area contributed by atoms with Gasteiger partial charge in [0.2, 0.25) is 10.0 Å². The maximum atomic E-state index is 16.0. The molecule has 0 spiro atoms. The molecule has 178 valence electrons. The minimum atomic E-state index is -4.38. The van der Waals surface area contributed by atoms with Crippen molar-refractivity contribution in [1.29, 1.82) is 0 Å². The highest BCUT2D eigenvalue weighted by atomic mass is 79.9. The zero-order valence-corrected chi connectivity index (χ0v) is 21.0. The molecule has 0 heterocycles. The maximum absolute atomic E-state index is 16.0. The summed E-state index contributed by atoms with van der Waals surface area (Å²) in [5.74, 6) is -5.94. The summed E-state index contributed by atoms with van der Waals surface area (Å²) in [4.78, 5) is 11.6. The van der Waals surface area contributed by atoms with Gasteiger partial charge >= 0.3 is 5.97 Å². The van der Waals surface area contributed by atoms with Crippen molar-refractivity contribution in [2.75, 3.05) is 13.2 Å². The van der Waals surface area contributed by atoms with Crippen molar-refractivity contribution < 1.29 is 35.9 Å². The average molecular weight is 532 g/mol. The second kappa shape index (κ2) is 9.36. The van der Waals surface area contributed by atoms with E-state index in [0.29, 0.717) is 0 Å². The summed E-state index contributed by atoms with van der Waals surface area (Å²) in [6, 6.07) is 3.33. The predicted molar refractivity (Wildman–Crippen MR) is 115 cm³/mol. The summed E-state index contributed by atoms with van der Waals surface area (Å²) in [7, 11) is -4.38. The first kappa shape index (κ1) is 27.9. The van der Waals surface area contributed by atoms with Gasteiger partial charge in [0, 0.05) is 10.0 Å². The molecule has 1 aromatic carbocycles. The molecule has 1 atom stereocenters. The van der Waals surface area contributed by atoms with E-state index >= 15 is 8.78 Å². The van der Waals surface area contributed by atoms with Gasteiger partial charge in [-0.3, -0.25) is 0 Å². The molecule has 0 aliphatic rings. The lowest BCUT2D eigenvalue weighted by atomic mass is 9.78. The minimum Gasteiger partial charge on any atom is -0.464 e. The molecule has 0 aliphatic carbocycles. The van der Waals surface area contributed by atoms with Gasteiger partial charge in [0.15, 0.2) is 0 Å². The Balaban J connectivity index is 3.65. The van der Waals surface area contributed by atoms with Crippen LogP contribution >= 0.6 is 15.9 Å². The number of hydrogen-bond donors (Lipinski definition) is 1. The number of halogens is 4. The van der Waals surface area contributed by atoms with Crippen LogP contribution in [0, 0.1) is 5.82 Å². The van der Waals surface area contributed by atoms with Crippen LogP contribution in [-0.4, -0.2) is 43.9 Å². The molecule has 0 radical (unpaired) electrons. The molecule has 31 heavy (non-hydrogen) atoms. The predicted octanol–water partition coefficient (Wildman–Crippen LogP) is 4.51. The lowest BCUT2D eigenvalue weighted by Crippen LogP contribution is -2.66. The Morgan fingerprint density at radius 3 is 2.16 bits per heavy atom. The van der Waals surface area contributed by atoms with Crippen LogP contribution in [0.3, 0.4) is 0 Å². The number of nitrogens with one attached hydrogen (secondary N) is 1. The van der Waals surface area contributed by atoms with E-state index in [-0.39, 0.29) is 11.1 Å². The van der Waals surface area contributed by atoms with Crippen LogP contribution in [0.5, 0.6) is 0 Å². The molecule has 6 nitrogen and oxygen atoms in total. The third kappa shape index (κ3) is 5.80. The van der Waals surface area contributed by atoms with Gasteiger partial charge < -0.3 is 9.47 Å². The number of carbonyl (C=O) groups excluding carboxylic acids is 1. The molecule has 11 heteroatoms. The summed E-state index contributed by atoms with van der Waals surface area (Å²) in [5, 5.41) is 0. The molecule has 0 amide bonds. The lowest BCUT2D eigenvalue weighted by Gasteiger charge is -2.46. The van der Waals surface area contributed by atoms with E-state index < -0.39 is 55.8 Å². The fourth-order valence-electron chi connectivity index (χ4n) is 2.73. The highest BCUT2D eigenvalue weighted by molar-refractivity contribution is 9.10. The van der Waals surface area contributed by atoms with Gasteiger partial charge in [-0.25, -0.2) is 26.4 Å². The number of sulfonamides is 1. The molecule has 0 unspecified atom stereocenters. The largest absolute Gasteiger partial charge is 0.464 e. The standard InChI is InChI=1S/C20H29BrF3NO5S/c1-8-29-16(26)12-30-18(5,6)20(23,24)19(7,25-31(27,28)17(2,3)4)14-11-13(21)9-10-15(14)22/h9-11,25H,8,12H2,1-7H3/t19-/m1/s1. The molecule has 1 rings (SSSR count). The first-order valence-corrected chi connectivity index (χ1v) is 11.8. The molecule has 1 N–H and O–H groups in total. The Labute approximate surface area is 190 Å². The molecule has 0 saturated carbocycles. The Bertz CT molecular complexity index is 916. The van der Waals surface area contributed by atoms with Gasteiger partial charge in [0.1, 0.15) is 23.6 Å². The Morgan fingerprint density at radius 2 is 1.68 bits per heavy atom. The van der Waals surface area contributed by atoms with E-state index in [0.717, 1.165) is 32.9 Å². The first-order valence-electron chi connectivity index (χ1n) is 9.49. The zero-order valence-electron chi connectivity index (χ0n) is 18.6. The zero-order chi connectivity index (χ0) is 24.5. The molecule has 0 fully saturated rings. The molecule has 0 aliphatic heterocycles. The van der Waals surface area contributed by atoms with Crippen LogP contribution < -0.4 is 4.72 Å². The van der Waals surface area contributed by atoms with Crippen LogP contribution in [0.1, 0.15) is 54.0 Å². The third-order valence-corrected chi connectivity index (χ3v) is 7.63. The van der Waals surface area contributed by atoms with E-state index in [9.17, 15) is 17.6 Å². The topological polar surface area (TPSA) is 81.7 Å². The smallest absolute Gasteiger partial charge is 0.332 e. The van der Waals surface area contributed by atoms with Crippen LogP contribution in [0.2, 0.25) is 0 Å². The van der Waals surface area contributed by atoms with Crippen LogP contribution in [-0.2, 0) is 29.8 Å². The summed E-state index contributed by atoms with van der Waals surface area (Å²) < 4.78 is 83.2. The van der Waals surface area contributed by atoms with Gasteiger partial charge in [-0.1, -0.05) is 15.9 Å². The summed E-state index contributed by atoms with van der Waals surface area (Å²) >= 11 is 3.11. The van der Waals surface area contributed by atoms with Crippen molar-refractivity contribution in [1.82, 2.24) is 4.72 Å². The summed E-state index contributed by atoms with van der Waals surface area (Å²) in [6.07, 6.45) is 0. The Hall–Kier alpha value is -1.17. The van der Waals surface area contributed by atoms with Gasteiger partial charge in [-0.15, -0.1) is 0 Å². The SMILES string of the molecule is CCOC(=O)COC(C)(C)C(F)(F)[C@](C)(NS(=O)(=O)C(C)(C)C)c1cc(Br)ccc1F. The third-order valence-electron chi connectivity index (χ3n) is 4.85. The quantitative estimate of drug-likeness (QED) is 0.474. The molecule has 0 bridgehead atoms. The first-order chi connectivity index (χ1) is 13.8. The molecule has 1 aromatic rings. The molecule has 0 saturated heterocycles. The number of ether oxygens (including phenoxy) is 2. The van der Waals surface area contributed by atoms with Crippen molar-refractivity contribution in [3.05, 3.63) is 34.1 Å². The number of rotatable bonds is 9.